The number of anilines is 1. The fourth-order valence-corrected chi connectivity index (χ4v) is 4.52. The van der Waals surface area contributed by atoms with Gasteiger partial charge in [-0.25, -0.2) is 9.59 Å². The standard InChI is InChI=1S/C31H36N2O9/c1-7-21(33-27(35)20-14-11-15-22(32-17-34)25(20)39-6)28(36)41-24(18(2)3)29(37)42-26-23(40-30(38)31(26,4)5)16-19-12-9-8-10-13-19/h7-15,17-18,23-24,26H,16H2,1-6H3,(H,32,34)(H,33,35). The maximum absolute atomic E-state index is 13.4. The number of allylic oxidation sites excluding steroid dienone is 1. The van der Waals surface area contributed by atoms with Gasteiger partial charge in [-0.3, -0.25) is 14.4 Å². The molecule has 3 atom stereocenters. The zero-order valence-corrected chi connectivity index (χ0v) is 24.5. The maximum Gasteiger partial charge on any atom is 0.355 e. The Hall–Kier alpha value is -4.67. The van der Waals surface area contributed by atoms with Crippen LogP contribution in [0.25, 0.3) is 0 Å². The lowest BCUT2D eigenvalue weighted by atomic mass is 9.84. The minimum Gasteiger partial charge on any atom is -0.494 e. The van der Waals surface area contributed by atoms with Crippen molar-refractivity contribution in [1.82, 2.24) is 5.32 Å². The smallest absolute Gasteiger partial charge is 0.355 e. The summed E-state index contributed by atoms with van der Waals surface area (Å²) in [6.45, 7) is 8.13. The van der Waals surface area contributed by atoms with Gasteiger partial charge in [0.15, 0.2) is 11.9 Å². The molecule has 2 N–H and O–H groups in total. The quantitative estimate of drug-likeness (QED) is 0.166. The van der Waals surface area contributed by atoms with Gasteiger partial charge in [0.2, 0.25) is 12.5 Å². The number of rotatable bonds is 12. The van der Waals surface area contributed by atoms with E-state index in [4.69, 9.17) is 18.9 Å². The van der Waals surface area contributed by atoms with Gasteiger partial charge in [0.05, 0.1) is 18.4 Å². The Balaban J connectivity index is 1.75. The molecule has 0 radical (unpaired) electrons. The summed E-state index contributed by atoms with van der Waals surface area (Å²) in [5.41, 5.74) is -0.145. The highest BCUT2D eigenvalue weighted by Gasteiger charge is 2.54. The number of benzene rings is 2. The summed E-state index contributed by atoms with van der Waals surface area (Å²) >= 11 is 0. The van der Waals surface area contributed by atoms with Crippen LogP contribution in [0.4, 0.5) is 5.69 Å². The van der Waals surface area contributed by atoms with Crippen LogP contribution < -0.4 is 15.4 Å². The molecule has 42 heavy (non-hydrogen) atoms. The van der Waals surface area contributed by atoms with E-state index in [0.29, 0.717) is 12.8 Å². The molecule has 1 fully saturated rings. The van der Waals surface area contributed by atoms with E-state index < -0.39 is 53.5 Å². The van der Waals surface area contributed by atoms with Crippen molar-refractivity contribution in [1.29, 1.82) is 0 Å². The number of cyclic esters (lactones) is 1. The molecule has 0 saturated carbocycles. The normalized spacial score (nSPS) is 18.5. The molecule has 3 rings (SSSR count). The number of esters is 3. The molecule has 11 nitrogen and oxygen atoms in total. The fourth-order valence-electron chi connectivity index (χ4n) is 4.52. The van der Waals surface area contributed by atoms with E-state index in [1.54, 1.807) is 33.8 Å². The number of ether oxygens (including phenoxy) is 4. The Morgan fingerprint density at radius 1 is 1.07 bits per heavy atom. The minimum absolute atomic E-state index is 0.0499. The fraction of sp³-hybridized carbons (Fsp3) is 0.387. The van der Waals surface area contributed by atoms with Crippen LogP contribution in [-0.2, 0) is 39.8 Å². The van der Waals surface area contributed by atoms with Crippen LogP contribution in [-0.4, -0.2) is 55.6 Å². The molecule has 224 valence electrons. The Labute approximate surface area is 244 Å². The summed E-state index contributed by atoms with van der Waals surface area (Å²) in [6.07, 6.45) is -0.904. The highest BCUT2D eigenvalue weighted by molar-refractivity contribution is 6.04. The highest BCUT2D eigenvalue weighted by Crippen LogP contribution is 2.38. The first kappa shape index (κ1) is 31.9. The van der Waals surface area contributed by atoms with Gasteiger partial charge in [0, 0.05) is 12.3 Å². The average Bonchev–Trinajstić information content (AvgIpc) is 3.16. The molecule has 0 aliphatic carbocycles. The Morgan fingerprint density at radius 3 is 2.36 bits per heavy atom. The first-order valence-electron chi connectivity index (χ1n) is 13.5. The Bertz CT molecular complexity index is 1350. The molecule has 1 aliphatic heterocycles. The van der Waals surface area contributed by atoms with Crippen LogP contribution in [0, 0.1) is 11.3 Å². The van der Waals surface area contributed by atoms with Crippen molar-refractivity contribution in [3.63, 3.8) is 0 Å². The van der Waals surface area contributed by atoms with Crippen molar-refractivity contribution in [2.75, 3.05) is 12.4 Å². The summed E-state index contributed by atoms with van der Waals surface area (Å²) in [5, 5.41) is 4.92. The average molecular weight is 581 g/mol. The van der Waals surface area contributed by atoms with Crippen molar-refractivity contribution >= 4 is 35.9 Å². The van der Waals surface area contributed by atoms with Crippen LogP contribution in [0.1, 0.15) is 50.5 Å². The second-order valence-electron chi connectivity index (χ2n) is 10.6. The molecule has 3 unspecified atom stereocenters. The first-order valence-corrected chi connectivity index (χ1v) is 13.5. The van der Waals surface area contributed by atoms with Gasteiger partial charge >= 0.3 is 17.9 Å². The molecule has 0 spiro atoms. The summed E-state index contributed by atoms with van der Waals surface area (Å²) in [6, 6.07) is 13.9. The summed E-state index contributed by atoms with van der Waals surface area (Å²) in [4.78, 5) is 63.1. The number of nitrogens with one attached hydrogen (secondary N) is 2. The zero-order chi connectivity index (χ0) is 31.0. The summed E-state index contributed by atoms with van der Waals surface area (Å²) < 4.78 is 22.2. The van der Waals surface area contributed by atoms with Crippen molar-refractivity contribution in [2.45, 2.75) is 59.4 Å². The lowest BCUT2D eigenvalue weighted by molar-refractivity contribution is -0.177. The van der Waals surface area contributed by atoms with Crippen molar-refractivity contribution < 1.29 is 42.9 Å². The lowest BCUT2D eigenvalue weighted by Gasteiger charge is -2.28. The van der Waals surface area contributed by atoms with E-state index in [1.807, 2.05) is 30.3 Å². The second-order valence-corrected chi connectivity index (χ2v) is 10.6. The van der Waals surface area contributed by atoms with E-state index in [9.17, 15) is 24.0 Å². The first-order chi connectivity index (χ1) is 19.9. The van der Waals surface area contributed by atoms with E-state index >= 15 is 0 Å². The van der Waals surface area contributed by atoms with Gasteiger partial charge < -0.3 is 29.6 Å². The number of carbonyl (C=O) groups is 5. The van der Waals surface area contributed by atoms with E-state index in [1.165, 1.54) is 32.2 Å². The Kier molecular flexibility index (Phi) is 10.5. The van der Waals surface area contributed by atoms with Gasteiger partial charge in [-0.15, -0.1) is 0 Å². The molecule has 2 amide bonds. The van der Waals surface area contributed by atoms with Crippen molar-refractivity contribution in [3.8, 4) is 5.75 Å². The third kappa shape index (κ3) is 7.15. The van der Waals surface area contributed by atoms with Gasteiger partial charge in [-0.2, -0.15) is 0 Å². The third-order valence-electron chi connectivity index (χ3n) is 6.86. The molecule has 1 aliphatic rings. The number of hydrogen-bond acceptors (Lipinski definition) is 9. The predicted molar refractivity (Wildman–Crippen MR) is 152 cm³/mol. The van der Waals surface area contributed by atoms with Crippen molar-refractivity contribution in [2.24, 2.45) is 11.3 Å². The number of methoxy groups -OCH3 is 1. The second kappa shape index (κ2) is 13.8. The van der Waals surface area contributed by atoms with Gasteiger partial charge in [-0.1, -0.05) is 56.3 Å². The maximum atomic E-state index is 13.4. The molecule has 0 aromatic heterocycles. The molecular formula is C31H36N2O9. The molecule has 0 bridgehead atoms. The number of hydrogen-bond donors (Lipinski definition) is 2. The van der Waals surface area contributed by atoms with Gasteiger partial charge in [0.25, 0.3) is 5.91 Å². The van der Waals surface area contributed by atoms with E-state index in [2.05, 4.69) is 10.6 Å². The predicted octanol–water partition coefficient (Wildman–Crippen LogP) is 3.57. The van der Waals surface area contributed by atoms with Crippen LogP contribution in [0.2, 0.25) is 0 Å². The lowest BCUT2D eigenvalue weighted by Crippen LogP contribution is -2.44. The summed E-state index contributed by atoms with van der Waals surface area (Å²) in [7, 11) is 1.33. The van der Waals surface area contributed by atoms with Gasteiger partial charge in [-0.05, 0) is 38.5 Å². The molecule has 2 aromatic carbocycles. The monoisotopic (exact) mass is 580 g/mol. The van der Waals surface area contributed by atoms with Crippen LogP contribution >= 0.6 is 0 Å². The molecule has 11 heteroatoms. The Morgan fingerprint density at radius 2 is 1.76 bits per heavy atom. The zero-order valence-electron chi connectivity index (χ0n) is 24.5. The SMILES string of the molecule is CC=C(NC(=O)c1cccc(NC=O)c1OC)C(=O)OC(C(=O)OC1C(Cc2ccccc2)OC(=O)C1(C)C)C(C)C. The van der Waals surface area contributed by atoms with E-state index in [-0.39, 0.29) is 22.7 Å². The summed E-state index contributed by atoms with van der Waals surface area (Å²) in [5.74, 6) is -3.43. The third-order valence-corrected chi connectivity index (χ3v) is 6.86. The molecule has 1 heterocycles. The van der Waals surface area contributed by atoms with Crippen LogP contribution in [0.5, 0.6) is 5.75 Å². The van der Waals surface area contributed by atoms with E-state index in [0.717, 1.165) is 5.56 Å². The topological polar surface area (TPSA) is 146 Å². The number of amides is 2. The van der Waals surface area contributed by atoms with Crippen LogP contribution in [0.15, 0.2) is 60.3 Å². The van der Waals surface area contributed by atoms with Crippen molar-refractivity contribution in [3.05, 3.63) is 71.4 Å². The molecule has 2 aromatic rings. The molecular weight excluding hydrogens is 544 g/mol. The largest absolute Gasteiger partial charge is 0.494 e. The minimum atomic E-state index is -1.34. The van der Waals surface area contributed by atoms with Gasteiger partial charge in [0.1, 0.15) is 17.2 Å². The van der Waals surface area contributed by atoms with Crippen LogP contribution in [0.3, 0.4) is 0 Å². The number of para-hydroxylation sites is 1. The number of carbonyl (C=O) groups excluding carboxylic acids is 5. The highest BCUT2D eigenvalue weighted by atomic mass is 16.6. The molecule has 1 saturated heterocycles.